The maximum absolute atomic E-state index is 12.8. The number of nitrogens with zero attached hydrogens (tertiary/aromatic N) is 2. The number of aryl methyl sites for hydroxylation is 1. The van der Waals surface area contributed by atoms with Gasteiger partial charge in [-0.15, -0.1) is 0 Å². The lowest BCUT2D eigenvalue weighted by molar-refractivity contribution is -0.150. The minimum absolute atomic E-state index is 0.102. The van der Waals surface area contributed by atoms with E-state index < -0.39 is 0 Å². The first-order chi connectivity index (χ1) is 11.8. The largest absolute Gasteiger partial charge is 0.378 e. The van der Waals surface area contributed by atoms with Gasteiger partial charge in [0, 0.05) is 26.1 Å². The van der Waals surface area contributed by atoms with E-state index >= 15 is 0 Å². The van der Waals surface area contributed by atoms with Crippen molar-refractivity contribution in [1.29, 1.82) is 0 Å². The SMILES string of the molecule is O=C([C@H]1CCCCN1C(=O)CCc1ccccc1)N1CCOCC1. The van der Waals surface area contributed by atoms with Crippen LogP contribution in [-0.2, 0) is 20.7 Å². The van der Waals surface area contributed by atoms with E-state index in [-0.39, 0.29) is 17.9 Å². The average Bonchev–Trinajstić information content (AvgIpc) is 2.67. The van der Waals surface area contributed by atoms with Crippen molar-refractivity contribution in [2.75, 3.05) is 32.8 Å². The maximum Gasteiger partial charge on any atom is 0.245 e. The van der Waals surface area contributed by atoms with Gasteiger partial charge in [0.25, 0.3) is 0 Å². The van der Waals surface area contributed by atoms with Gasteiger partial charge in [0.1, 0.15) is 6.04 Å². The van der Waals surface area contributed by atoms with Crippen LogP contribution in [0.15, 0.2) is 30.3 Å². The lowest BCUT2D eigenvalue weighted by Crippen LogP contribution is -2.55. The molecule has 1 atom stereocenters. The molecule has 5 nitrogen and oxygen atoms in total. The van der Waals surface area contributed by atoms with Crippen LogP contribution in [0.2, 0.25) is 0 Å². The first-order valence-corrected chi connectivity index (χ1v) is 8.95. The molecule has 0 radical (unpaired) electrons. The Kier molecular flexibility index (Phi) is 5.86. The summed E-state index contributed by atoms with van der Waals surface area (Å²) in [6.45, 7) is 3.18. The third kappa shape index (κ3) is 4.15. The highest BCUT2D eigenvalue weighted by molar-refractivity contribution is 5.88. The summed E-state index contributed by atoms with van der Waals surface area (Å²) in [6, 6.07) is 9.77. The van der Waals surface area contributed by atoms with Crippen LogP contribution in [0.5, 0.6) is 0 Å². The van der Waals surface area contributed by atoms with Crippen LogP contribution >= 0.6 is 0 Å². The molecule has 1 aromatic rings. The molecule has 2 amide bonds. The van der Waals surface area contributed by atoms with Gasteiger partial charge in [0.2, 0.25) is 11.8 Å². The number of morpholine rings is 1. The van der Waals surface area contributed by atoms with Crippen LogP contribution in [0.4, 0.5) is 0 Å². The van der Waals surface area contributed by atoms with Gasteiger partial charge in [-0.1, -0.05) is 30.3 Å². The van der Waals surface area contributed by atoms with E-state index in [2.05, 4.69) is 0 Å². The quantitative estimate of drug-likeness (QED) is 0.847. The first kappa shape index (κ1) is 17.0. The van der Waals surface area contributed by atoms with Crippen molar-refractivity contribution in [3.05, 3.63) is 35.9 Å². The molecule has 2 aliphatic rings. The molecule has 2 fully saturated rings. The van der Waals surface area contributed by atoms with Crippen LogP contribution in [-0.4, -0.2) is 60.5 Å². The van der Waals surface area contributed by atoms with Crippen molar-refractivity contribution < 1.29 is 14.3 Å². The fourth-order valence-electron chi connectivity index (χ4n) is 3.52. The number of hydrogen-bond acceptors (Lipinski definition) is 3. The van der Waals surface area contributed by atoms with E-state index in [0.717, 1.165) is 25.7 Å². The van der Waals surface area contributed by atoms with Gasteiger partial charge in [-0.25, -0.2) is 0 Å². The van der Waals surface area contributed by atoms with Gasteiger partial charge < -0.3 is 14.5 Å². The zero-order chi connectivity index (χ0) is 16.8. The minimum Gasteiger partial charge on any atom is -0.378 e. The molecule has 0 unspecified atom stereocenters. The zero-order valence-electron chi connectivity index (χ0n) is 14.2. The normalized spacial score (nSPS) is 21.6. The van der Waals surface area contributed by atoms with Gasteiger partial charge in [-0.05, 0) is 31.2 Å². The molecule has 2 aliphatic heterocycles. The van der Waals surface area contributed by atoms with Crippen LogP contribution in [0.25, 0.3) is 0 Å². The third-order valence-electron chi connectivity index (χ3n) is 4.90. The van der Waals surface area contributed by atoms with E-state index in [1.807, 2.05) is 40.1 Å². The Labute approximate surface area is 143 Å². The number of carbonyl (C=O) groups is 2. The molecule has 3 rings (SSSR count). The Morgan fingerprint density at radius 3 is 2.54 bits per heavy atom. The number of rotatable bonds is 4. The summed E-state index contributed by atoms with van der Waals surface area (Å²) in [5.41, 5.74) is 1.17. The average molecular weight is 330 g/mol. The highest BCUT2D eigenvalue weighted by atomic mass is 16.5. The van der Waals surface area contributed by atoms with Crippen molar-refractivity contribution in [2.45, 2.75) is 38.1 Å². The predicted octanol–water partition coefficient (Wildman–Crippen LogP) is 1.86. The second-order valence-corrected chi connectivity index (χ2v) is 6.52. The first-order valence-electron chi connectivity index (χ1n) is 8.95. The van der Waals surface area contributed by atoms with Gasteiger partial charge in [-0.2, -0.15) is 0 Å². The second-order valence-electron chi connectivity index (χ2n) is 6.52. The molecule has 1 aromatic carbocycles. The summed E-state index contributed by atoms with van der Waals surface area (Å²) in [5.74, 6) is 0.205. The van der Waals surface area contributed by atoms with Gasteiger partial charge in [0.05, 0.1) is 13.2 Å². The molecule has 130 valence electrons. The number of carbonyl (C=O) groups excluding carboxylic acids is 2. The number of amides is 2. The lowest BCUT2D eigenvalue weighted by Gasteiger charge is -2.38. The topological polar surface area (TPSA) is 49.9 Å². The maximum atomic E-state index is 12.8. The van der Waals surface area contributed by atoms with Gasteiger partial charge in [0.15, 0.2) is 0 Å². The Bertz CT molecular complexity index is 555. The van der Waals surface area contributed by atoms with Crippen molar-refractivity contribution in [3.8, 4) is 0 Å². The lowest BCUT2D eigenvalue weighted by atomic mass is 9.99. The molecule has 0 saturated carbocycles. The second kappa shape index (κ2) is 8.29. The standard InChI is InChI=1S/C19H26N2O3/c22-18(10-9-16-6-2-1-3-7-16)21-11-5-4-8-17(21)19(23)20-12-14-24-15-13-20/h1-3,6-7,17H,4-5,8-15H2/t17-/m1/s1. The van der Waals surface area contributed by atoms with E-state index in [4.69, 9.17) is 4.74 Å². The molecular formula is C19H26N2O3. The molecule has 2 heterocycles. The Morgan fingerprint density at radius 1 is 1.04 bits per heavy atom. The highest BCUT2D eigenvalue weighted by Gasteiger charge is 2.34. The molecule has 0 aliphatic carbocycles. The summed E-state index contributed by atoms with van der Waals surface area (Å²) in [5, 5.41) is 0. The molecule has 0 bridgehead atoms. The summed E-state index contributed by atoms with van der Waals surface area (Å²) >= 11 is 0. The Hall–Kier alpha value is -1.88. The van der Waals surface area contributed by atoms with Crippen LogP contribution in [0, 0.1) is 0 Å². The van der Waals surface area contributed by atoms with Crippen molar-refractivity contribution >= 4 is 11.8 Å². The third-order valence-corrected chi connectivity index (χ3v) is 4.90. The van der Waals surface area contributed by atoms with Crippen LogP contribution in [0.1, 0.15) is 31.2 Å². The number of hydrogen-bond donors (Lipinski definition) is 0. The van der Waals surface area contributed by atoms with E-state index in [1.165, 1.54) is 5.56 Å². The van der Waals surface area contributed by atoms with Crippen molar-refractivity contribution in [2.24, 2.45) is 0 Å². The fraction of sp³-hybridized carbons (Fsp3) is 0.579. The Morgan fingerprint density at radius 2 is 1.79 bits per heavy atom. The van der Waals surface area contributed by atoms with Crippen LogP contribution < -0.4 is 0 Å². The highest BCUT2D eigenvalue weighted by Crippen LogP contribution is 2.21. The monoisotopic (exact) mass is 330 g/mol. The number of piperidine rings is 1. The molecule has 0 N–H and O–H groups in total. The van der Waals surface area contributed by atoms with Crippen molar-refractivity contribution in [3.63, 3.8) is 0 Å². The molecule has 0 aromatic heterocycles. The molecule has 5 heteroatoms. The number of likely N-dealkylation sites (tertiary alicyclic amines) is 1. The van der Waals surface area contributed by atoms with Gasteiger partial charge in [-0.3, -0.25) is 9.59 Å². The van der Waals surface area contributed by atoms with E-state index in [0.29, 0.717) is 39.3 Å². The van der Waals surface area contributed by atoms with Crippen LogP contribution in [0.3, 0.4) is 0 Å². The summed E-state index contributed by atoms with van der Waals surface area (Å²) in [7, 11) is 0. The summed E-state index contributed by atoms with van der Waals surface area (Å²) in [6.07, 6.45) is 3.99. The predicted molar refractivity (Wildman–Crippen MR) is 91.5 cm³/mol. The van der Waals surface area contributed by atoms with E-state index in [1.54, 1.807) is 0 Å². The van der Waals surface area contributed by atoms with Gasteiger partial charge >= 0.3 is 0 Å². The molecule has 2 saturated heterocycles. The van der Waals surface area contributed by atoms with Crippen molar-refractivity contribution in [1.82, 2.24) is 9.80 Å². The molecule has 24 heavy (non-hydrogen) atoms. The van der Waals surface area contributed by atoms with E-state index in [9.17, 15) is 9.59 Å². The summed E-state index contributed by atoms with van der Waals surface area (Å²) in [4.78, 5) is 29.2. The minimum atomic E-state index is -0.278. The number of benzene rings is 1. The zero-order valence-corrected chi connectivity index (χ0v) is 14.2. The smallest absolute Gasteiger partial charge is 0.245 e. The molecular weight excluding hydrogens is 304 g/mol. The Balaban J connectivity index is 1.60. The fourth-order valence-corrected chi connectivity index (χ4v) is 3.52. The number of ether oxygens (including phenoxy) is 1. The molecule has 0 spiro atoms. The summed E-state index contributed by atoms with van der Waals surface area (Å²) < 4.78 is 5.32.